The summed E-state index contributed by atoms with van der Waals surface area (Å²) in [6, 6.07) is 6.98. The number of nitrogens with two attached hydrogens (primary N) is 2. The van der Waals surface area contributed by atoms with Crippen LogP contribution in [-0.4, -0.2) is 26.7 Å². The van der Waals surface area contributed by atoms with Gasteiger partial charge in [-0.05, 0) is 19.1 Å². The number of nitrogens with zero attached hydrogens (tertiary/aromatic N) is 3. The van der Waals surface area contributed by atoms with Gasteiger partial charge < -0.3 is 16.8 Å². The highest BCUT2D eigenvalue weighted by molar-refractivity contribution is 6.42. The Morgan fingerprint density at radius 1 is 1.05 bits per heavy atom. The molecule has 0 aliphatic rings. The van der Waals surface area contributed by atoms with Gasteiger partial charge in [0, 0.05) is 5.69 Å². The van der Waals surface area contributed by atoms with E-state index < -0.39 is 11.8 Å². The zero-order valence-corrected chi connectivity index (χ0v) is 10.6. The van der Waals surface area contributed by atoms with E-state index in [-0.39, 0.29) is 11.9 Å². The van der Waals surface area contributed by atoms with Gasteiger partial charge in [0.2, 0.25) is 11.9 Å². The summed E-state index contributed by atoms with van der Waals surface area (Å²) < 4.78 is 0.914. The van der Waals surface area contributed by atoms with E-state index in [2.05, 4.69) is 20.9 Å². The maximum absolute atomic E-state index is 11.7. The molecule has 2 rings (SSSR count). The van der Waals surface area contributed by atoms with Crippen molar-refractivity contribution < 1.29 is 9.59 Å². The van der Waals surface area contributed by atoms with Gasteiger partial charge in [0.1, 0.15) is 0 Å². The van der Waals surface area contributed by atoms with Crippen LogP contribution in [0.25, 0.3) is 0 Å². The second-order valence-electron chi connectivity index (χ2n) is 4.01. The van der Waals surface area contributed by atoms with E-state index >= 15 is 0 Å². The third kappa shape index (κ3) is 2.83. The Hall–Kier alpha value is -3.10. The minimum Gasteiger partial charge on any atom is -0.366 e. The molecule has 0 aliphatic carbocycles. The van der Waals surface area contributed by atoms with Crippen molar-refractivity contribution in [3.63, 3.8) is 0 Å². The van der Waals surface area contributed by atoms with Crippen LogP contribution in [0.4, 0.5) is 17.6 Å². The van der Waals surface area contributed by atoms with E-state index in [1.807, 2.05) is 19.1 Å². The third-order valence-electron chi connectivity index (χ3n) is 2.44. The molecule has 104 valence electrons. The molecule has 1 heterocycles. The van der Waals surface area contributed by atoms with Gasteiger partial charge in [-0.3, -0.25) is 9.59 Å². The van der Waals surface area contributed by atoms with Crippen LogP contribution in [-0.2, 0) is 9.59 Å². The number of amides is 2. The quantitative estimate of drug-likeness (QED) is 0.542. The minimum absolute atomic E-state index is 0.126. The van der Waals surface area contributed by atoms with Gasteiger partial charge in [-0.2, -0.15) is 4.68 Å². The number of hydrogen-bond donors (Lipinski definition) is 4. The summed E-state index contributed by atoms with van der Waals surface area (Å²) in [6.45, 7) is 1.91. The van der Waals surface area contributed by atoms with Crippen molar-refractivity contribution in [3.8, 4) is 0 Å². The summed E-state index contributed by atoms with van der Waals surface area (Å²) in [4.78, 5) is 23.4. The number of nitrogen functional groups attached to an aromatic ring is 2. The fraction of sp³-hybridized carbons (Fsp3) is 0.0909. The van der Waals surface area contributed by atoms with Crippen LogP contribution in [0.1, 0.15) is 5.56 Å². The maximum atomic E-state index is 11.7. The predicted octanol–water partition coefficient (Wildman–Crippen LogP) is -0.540. The molecule has 1 aromatic carbocycles. The molecule has 6 N–H and O–H groups in total. The molecule has 2 amide bonds. The fourth-order valence-electron chi connectivity index (χ4n) is 1.40. The van der Waals surface area contributed by atoms with Gasteiger partial charge in [-0.15, -0.1) is 10.2 Å². The van der Waals surface area contributed by atoms with Gasteiger partial charge >= 0.3 is 11.8 Å². The Kier molecular flexibility index (Phi) is 3.51. The molecule has 9 nitrogen and oxygen atoms in total. The number of nitrogens with one attached hydrogen (secondary N) is 2. The van der Waals surface area contributed by atoms with Crippen molar-refractivity contribution in [3.05, 3.63) is 29.8 Å². The van der Waals surface area contributed by atoms with Crippen LogP contribution >= 0.6 is 0 Å². The van der Waals surface area contributed by atoms with Crippen molar-refractivity contribution in [1.82, 2.24) is 14.9 Å². The number of carbonyl (C=O) groups is 2. The lowest BCUT2D eigenvalue weighted by Crippen LogP contribution is -2.35. The molecule has 0 atom stereocenters. The van der Waals surface area contributed by atoms with Crippen molar-refractivity contribution in [1.29, 1.82) is 0 Å². The number of anilines is 3. The molecular formula is C11H13N7O2. The smallest absolute Gasteiger partial charge is 0.328 e. The number of aryl methyl sites for hydroxylation is 1. The first-order chi connectivity index (χ1) is 9.47. The molecule has 0 unspecified atom stereocenters. The highest BCUT2D eigenvalue weighted by atomic mass is 16.2. The topological polar surface area (TPSA) is 141 Å². The molecule has 0 fully saturated rings. The maximum Gasteiger partial charge on any atom is 0.328 e. The number of carbonyl (C=O) groups excluding carboxylic acids is 2. The second kappa shape index (κ2) is 5.26. The first-order valence-electron chi connectivity index (χ1n) is 5.62. The largest absolute Gasteiger partial charge is 0.366 e. The first kappa shape index (κ1) is 13.3. The molecule has 0 saturated carbocycles. The molecule has 0 bridgehead atoms. The standard InChI is InChI=1S/C11H13N7O2/c1-6-2-4-7(5-3-6)14-8(19)9(20)17-18-10(12)15-16-11(18)13/h2-5H,1H3,(H2,12,15)(H2,13,16)(H,14,19)(H,17,20). The molecule has 2 aromatic rings. The molecule has 9 heteroatoms. The van der Waals surface area contributed by atoms with Gasteiger partial charge in [-0.25, -0.2) is 5.43 Å². The van der Waals surface area contributed by atoms with Crippen LogP contribution in [0.5, 0.6) is 0 Å². The van der Waals surface area contributed by atoms with Crippen LogP contribution in [0.15, 0.2) is 24.3 Å². The summed E-state index contributed by atoms with van der Waals surface area (Å²) in [6.07, 6.45) is 0. The third-order valence-corrected chi connectivity index (χ3v) is 2.44. The molecule has 0 radical (unpaired) electrons. The van der Waals surface area contributed by atoms with Gasteiger partial charge in [-0.1, -0.05) is 17.7 Å². The lowest BCUT2D eigenvalue weighted by Gasteiger charge is -2.08. The Morgan fingerprint density at radius 3 is 2.15 bits per heavy atom. The van der Waals surface area contributed by atoms with E-state index in [1.54, 1.807) is 12.1 Å². The summed E-state index contributed by atoms with van der Waals surface area (Å²) in [5.41, 5.74) is 14.6. The summed E-state index contributed by atoms with van der Waals surface area (Å²) in [5, 5.41) is 9.32. The SMILES string of the molecule is Cc1ccc(NC(=O)C(=O)Nn2c(N)nnc2N)cc1. The highest BCUT2D eigenvalue weighted by Crippen LogP contribution is 2.08. The molecule has 0 spiro atoms. The fourth-order valence-corrected chi connectivity index (χ4v) is 1.40. The van der Waals surface area contributed by atoms with Crippen molar-refractivity contribution in [2.24, 2.45) is 0 Å². The van der Waals surface area contributed by atoms with Crippen LogP contribution in [0.3, 0.4) is 0 Å². The van der Waals surface area contributed by atoms with E-state index in [9.17, 15) is 9.59 Å². The minimum atomic E-state index is -0.941. The average Bonchev–Trinajstić information content (AvgIpc) is 2.73. The van der Waals surface area contributed by atoms with Gasteiger partial charge in [0.25, 0.3) is 0 Å². The summed E-state index contributed by atoms with van der Waals surface area (Å²) in [7, 11) is 0. The Bertz CT molecular complexity index is 628. The first-order valence-corrected chi connectivity index (χ1v) is 5.62. The number of aromatic nitrogens is 3. The molecule has 1 aromatic heterocycles. The molecule has 20 heavy (non-hydrogen) atoms. The van der Waals surface area contributed by atoms with Gasteiger partial charge in [0.15, 0.2) is 0 Å². The van der Waals surface area contributed by atoms with Crippen molar-refractivity contribution in [2.45, 2.75) is 6.92 Å². The predicted molar refractivity (Wildman–Crippen MR) is 73.0 cm³/mol. The van der Waals surface area contributed by atoms with E-state index in [4.69, 9.17) is 11.5 Å². The summed E-state index contributed by atoms with van der Waals surface area (Å²) >= 11 is 0. The Morgan fingerprint density at radius 2 is 1.60 bits per heavy atom. The number of hydrogen-bond acceptors (Lipinski definition) is 6. The van der Waals surface area contributed by atoms with Gasteiger partial charge in [0.05, 0.1) is 0 Å². The van der Waals surface area contributed by atoms with E-state index in [1.165, 1.54) is 0 Å². The summed E-state index contributed by atoms with van der Waals surface area (Å²) in [5.74, 6) is -2.05. The zero-order valence-electron chi connectivity index (χ0n) is 10.6. The Labute approximate surface area is 113 Å². The molecule has 0 aliphatic heterocycles. The monoisotopic (exact) mass is 275 g/mol. The molecular weight excluding hydrogens is 262 g/mol. The average molecular weight is 275 g/mol. The lowest BCUT2D eigenvalue weighted by atomic mass is 10.2. The normalized spacial score (nSPS) is 10.1. The van der Waals surface area contributed by atoms with Crippen LogP contribution < -0.4 is 22.2 Å². The second-order valence-corrected chi connectivity index (χ2v) is 4.01. The zero-order chi connectivity index (χ0) is 14.7. The van der Waals surface area contributed by atoms with E-state index in [0.29, 0.717) is 5.69 Å². The lowest BCUT2D eigenvalue weighted by molar-refractivity contribution is -0.133. The van der Waals surface area contributed by atoms with Crippen LogP contribution in [0.2, 0.25) is 0 Å². The van der Waals surface area contributed by atoms with E-state index in [0.717, 1.165) is 10.2 Å². The number of rotatable bonds is 2. The number of benzene rings is 1. The van der Waals surface area contributed by atoms with Crippen molar-refractivity contribution >= 4 is 29.4 Å². The molecule has 0 saturated heterocycles. The highest BCUT2D eigenvalue weighted by Gasteiger charge is 2.17. The van der Waals surface area contributed by atoms with Crippen molar-refractivity contribution in [2.75, 3.05) is 22.2 Å². The van der Waals surface area contributed by atoms with Crippen LogP contribution in [0, 0.1) is 6.92 Å². The Balaban J connectivity index is 2.02.